The molecule has 0 bridgehead atoms. The van der Waals surface area contributed by atoms with Crippen LogP contribution in [0, 0.1) is 0 Å². The minimum absolute atomic E-state index is 0. The molecule has 14 heavy (non-hydrogen) atoms. The van der Waals surface area contributed by atoms with Gasteiger partial charge < -0.3 is 21.5 Å². The quantitative estimate of drug-likeness (QED) is 0.360. The first-order chi connectivity index (χ1) is 6.06. The highest BCUT2D eigenvalue weighted by atomic mass is 24.3. The number of nitrogens with two attached hydrogens (primary N) is 1. The summed E-state index contributed by atoms with van der Waals surface area (Å²) in [7, 11) is 0. The average molecular weight is 213 g/mol. The highest BCUT2D eigenvalue weighted by molar-refractivity contribution is 5.87. The maximum absolute atomic E-state index is 10.7. The van der Waals surface area contributed by atoms with Crippen LogP contribution in [0.3, 0.4) is 0 Å². The van der Waals surface area contributed by atoms with E-state index in [4.69, 9.17) is 10.8 Å². The van der Waals surface area contributed by atoms with Crippen molar-refractivity contribution in [2.75, 3.05) is 19.6 Å². The van der Waals surface area contributed by atoms with Gasteiger partial charge in [-0.3, -0.25) is 14.4 Å². The van der Waals surface area contributed by atoms with Gasteiger partial charge in [0, 0.05) is 23.1 Å². The third-order valence-corrected chi connectivity index (χ3v) is 1.07. The fourth-order valence-electron chi connectivity index (χ4n) is 0.488. The Morgan fingerprint density at radius 3 is 2.00 bits per heavy atom. The predicted molar refractivity (Wildman–Crippen MR) is 48.5 cm³/mol. The minimum atomic E-state index is -1.14. The number of amides is 2. The van der Waals surface area contributed by atoms with E-state index in [2.05, 4.69) is 10.6 Å². The molecule has 0 saturated carbocycles. The van der Waals surface area contributed by atoms with E-state index in [1.54, 1.807) is 0 Å². The molecule has 8 heteroatoms. The number of carbonyl (C=O) groups is 3. The molecule has 0 unspecified atom stereocenters. The van der Waals surface area contributed by atoms with Crippen molar-refractivity contribution >= 4 is 40.8 Å². The lowest BCUT2D eigenvalue weighted by molar-refractivity contribution is -0.137. The Labute approximate surface area is 96.6 Å². The second kappa shape index (κ2) is 8.72. The van der Waals surface area contributed by atoms with Gasteiger partial charge in [-0.1, -0.05) is 0 Å². The summed E-state index contributed by atoms with van der Waals surface area (Å²) in [4.78, 5) is 31.2. The number of rotatable bonds is 5. The van der Waals surface area contributed by atoms with Crippen LogP contribution in [0.5, 0.6) is 0 Å². The molecular formula is C6H11MgN3O4. The number of carboxylic acids is 1. The zero-order valence-corrected chi connectivity index (χ0v) is 8.99. The molecule has 0 spiro atoms. The largest absolute Gasteiger partial charge is 0.480 e. The Morgan fingerprint density at radius 2 is 1.57 bits per heavy atom. The van der Waals surface area contributed by atoms with E-state index in [0.717, 1.165) is 0 Å². The zero-order chi connectivity index (χ0) is 10.3. The van der Waals surface area contributed by atoms with Gasteiger partial charge >= 0.3 is 5.97 Å². The molecule has 0 aliphatic rings. The van der Waals surface area contributed by atoms with E-state index in [1.807, 2.05) is 0 Å². The van der Waals surface area contributed by atoms with Gasteiger partial charge in [0.15, 0.2) is 0 Å². The van der Waals surface area contributed by atoms with Crippen LogP contribution in [0.15, 0.2) is 0 Å². The van der Waals surface area contributed by atoms with E-state index in [0.29, 0.717) is 0 Å². The van der Waals surface area contributed by atoms with Crippen LogP contribution in [0.4, 0.5) is 0 Å². The van der Waals surface area contributed by atoms with Crippen molar-refractivity contribution in [1.82, 2.24) is 10.6 Å². The SMILES string of the molecule is NCC(=O)NCC(=O)NCC(=O)O.[Mg]. The van der Waals surface area contributed by atoms with E-state index >= 15 is 0 Å². The molecule has 2 radical (unpaired) electrons. The lowest BCUT2D eigenvalue weighted by Gasteiger charge is -2.03. The van der Waals surface area contributed by atoms with E-state index in [9.17, 15) is 14.4 Å². The zero-order valence-electron chi connectivity index (χ0n) is 7.58. The maximum Gasteiger partial charge on any atom is 0.322 e. The molecule has 0 aliphatic heterocycles. The molecule has 0 aliphatic carbocycles. The molecule has 0 aromatic carbocycles. The van der Waals surface area contributed by atoms with Gasteiger partial charge in [0.2, 0.25) is 11.8 Å². The number of nitrogens with one attached hydrogen (secondary N) is 2. The summed E-state index contributed by atoms with van der Waals surface area (Å²) in [6, 6.07) is 0. The fraction of sp³-hybridized carbons (Fsp3) is 0.500. The van der Waals surface area contributed by atoms with Crippen LogP contribution in [0.25, 0.3) is 0 Å². The third kappa shape index (κ3) is 9.23. The summed E-state index contributed by atoms with van der Waals surface area (Å²) >= 11 is 0. The number of hydrogen-bond donors (Lipinski definition) is 4. The molecule has 0 rings (SSSR count). The molecule has 0 heterocycles. The number of carbonyl (C=O) groups excluding carboxylic acids is 2. The molecule has 0 saturated heterocycles. The van der Waals surface area contributed by atoms with Gasteiger partial charge in [-0.15, -0.1) is 0 Å². The summed E-state index contributed by atoms with van der Waals surface area (Å²) in [6.07, 6.45) is 0. The molecule has 0 atom stereocenters. The second-order valence-corrected chi connectivity index (χ2v) is 2.15. The first-order valence-electron chi connectivity index (χ1n) is 3.51. The number of carboxylic acid groups (broad SMARTS) is 1. The van der Waals surface area contributed by atoms with Gasteiger partial charge in [0.05, 0.1) is 13.1 Å². The first kappa shape index (κ1) is 15.6. The summed E-state index contributed by atoms with van der Waals surface area (Å²) < 4.78 is 0. The molecule has 0 fully saturated rings. The van der Waals surface area contributed by atoms with Crippen molar-refractivity contribution in [3.63, 3.8) is 0 Å². The molecular weight excluding hydrogens is 202 g/mol. The van der Waals surface area contributed by atoms with Crippen molar-refractivity contribution in [2.24, 2.45) is 5.73 Å². The van der Waals surface area contributed by atoms with Crippen molar-refractivity contribution in [2.45, 2.75) is 0 Å². The highest BCUT2D eigenvalue weighted by Crippen LogP contribution is 1.66. The highest BCUT2D eigenvalue weighted by Gasteiger charge is 2.04. The Hall–Kier alpha value is -0.864. The number of hydrogen-bond acceptors (Lipinski definition) is 4. The lowest BCUT2D eigenvalue weighted by atomic mass is 10.5. The van der Waals surface area contributed by atoms with Crippen LogP contribution < -0.4 is 16.4 Å². The second-order valence-electron chi connectivity index (χ2n) is 2.15. The Morgan fingerprint density at radius 1 is 1.07 bits per heavy atom. The molecule has 76 valence electrons. The first-order valence-corrected chi connectivity index (χ1v) is 3.51. The molecule has 7 nitrogen and oxygen atoms in total. The Balaban J connectivity index is 0. The lowest BCUT2D eigenvalue weighted by Crippen LogP contribution is -2.40. The fourth-order valence-corrected chi connectivity index (χ4v) is 0.488. The van der Waals surface area contributed by atoms with Crippen molar-refractivity contribution in [3.8, 4) is 0 Å². The summed E-state index contributed by atoms with van der Waals surface area (Å²) in [5, 5.41) is 12.4. The summed E-state index contributed by atoms with van der Waals surface area (Å²) in [5.74, 6) is -2.17. The monoisotopic (exact) mass is 213 g/mol. The van der Waals surface area contributed by atoms with Crippen LogP contribution in [0.1, 0.15) is 0 Å². The van der Waals surface area contributed by atoms with E-state index in [-0.39, 0.29) is 36.1 Å². The Kier molecular flexibility index (Phi) is 9.72. The molecule has 0 aromatic rings. The van der Waals surface area contributed by atoms with E-state index in [1.165, 1.54) is 0 Å². The van der Waals surface area contributed by atoms with Crippen molar-refractivity contribution in [1.29, 1.82) is 0 Å². The van der Waals surface area contributed by atoms with Gasteiger partial charge in [0.25, 0.3) is 0 Å². The van der Waals surface area contributed by atoms with Crippen LogP contribution in [-0.2, 0) is 14.4 Å². The minimum Gasteiger partial charge on any atom is -0.480 e. The maximum atomic E-state index is 10.7. The van der Waals surface area contributed by atoms with Gasteiger partial charge in [0.1, 0.15) is 6.54 Å². The standard InChI is InChI=1S/C6H11N3O4.Mg/c7-1-4(10)8-2-5(11)9-3-6(12)13;/h1-3,7H2,(H,8,10)(H,9,11)(H,12,13);. The summed E-state index contributed by atoms with van der Waals surface area (Å²) in [5.41, 5.74) is 4.94. The van der Waals surface area contributed by atoms with Crippen molar-refractivity contribution in [3.05, 3.63) is 0 Å². The smallest absolute Gasteiger partial charge is 0.322 e. The summed E-state index contributed by atoms with van der Waals surface area (Å²) in [6.45, 7) is -0.924. The predicted octanol–water partition coefficient (Wildman–Crippen LogP) is -3.12. The van der Waals surface area contributed by atoms with E-state index < -0.39 is 24.3 Å². The average Bonchev–Trinajstić information content (AvgIpc) is 2.10. The van der Waals surface area contributed by atoms with Gasteiger partial charge in [-0.25, -0.2) is 0 Å². The normalized spacial score (nSPS) is 8.36. The van der Waals surface area contributed by atoms with Gasteiger partial charge in [-0.2, -0.15) is 0 Å². The molecule has 0 aromatic heterocycles. The Bertz CT molecular complexity index is 221. The number of aliphatic carboxylic acids is 1. The third-order valence-electron chi connectivity index (χ3n) is 1.07. The van der Waals surface area contributed by atoms with Crippen molar-refractivity contribution < 1.29 is 19.5 Å². The van der Waals surface area contributed by atoms with Crippen LogP contribution in [-0.4, -0.2) is 65.6 Å². The van der Waals surface area contributed by atoms with Crippen LogP contribution in [0.2, 0.25) is 0 Å². The topological polar surface area (TPSA) is 122 Å². The van der Waals surface area contributed by atoms with Gasteiger partial charge in [-0.05, 0) is 0 Å². The molecule has 5 N–H and O–H groups in total. The van der Waals surface area contributed by atoms with Crippen LogP contribution >= 0.6 is 0 Å². The molecule has 2 amide bonds.